The highest BCUT2D eigenvalue weighted by Gasteiger charge is 2.41. The molecule has 4 heteroatoms. The third-order valence-electron chi connectivity index (χ3n) is 4.59. The lowest BCUT2D eigenvalue weighted by molar-refractivity contribution is -0.0129. The first-order chi connectivity index (χ1) is 11.7. The largest absolute Gasteiger partial charge is 0.361 e. The van der Waals surface area contributed by atoms with Crippen LogP contribution in [0.2, 0.25) is 0 Å². The first kappa shape index (κ1) is 16.6. The van der Waals surface area contributed by atoms with Crippen molar-refractivity contribution in [2.75, 3.05) is 13.1 Å². The van der Waals surface area contributed by atoms with Crippen LogP contribution in [0.15, 0.2) is 42.5 Å². The fourth-order valence-electron chi connectivity index (χ4n) is 3.40. The molecule has 1 aliphatic heterocycles. The number of hydrogen-bond acceptors (Lipinski definition) is 3. The first-order valence-corrected chi connectivity index (χ1v) is 8.34. The Kier molecular flexibility index (Phi) is 4.94. The van der Waals surface area contributed by atoms with Crippen molar-refractivity contribution in [3.63, 3.8) is 0 Å². The van der Waals surface area contributed by atoms with Crippen LogP contribution in [-0.2, 0) is 16.9 Å². The molecule has 1 N–H and O–H groups in total. The van der Waals surface area contributed by atoms with Crippen LogP contribution in [0.1, 0.15) is 42.0 Å². The predicted molar refractivity (Wildman–Crippen MR) is 90.9 cm³/mol. The number of nitrogens with zero attached hydrogens (tertiary/aromatic N) is 1. The van der Waals surface area contributed by atoms with Gasteiger partial charge in [-0.3, -0.25) is 0 Å². The Bertz CT molecular complexity index is 751. The van der Waals surface area contributed by atoms with Gasteiger partial charge in [0.15, 0.2) is 0 Å². The number of nitrogens with one attached hydrogen (secondary N) is 1. The molecule has 3 nitrogen and oxygen atoms in total. The highest BCUT2D eigenvalue weighted by molar-refractivity contribution is 5.47. The Labute approximate surface area is 142 Å². The molecule has 1 unspecified atom stereocenters. The molecule has 1 aliphatic rings. The second kappa shape index (κ2) is 7.12. The zero-order valence-corrected chi connectivity index (χ0v) is 13.8. The minimum atomic E-state index is -0.563. The predicted octanol–water partition coefficient (Wildman–Crippen LogP) is 3.86. The van der Waals surface area contributed by atoms with Crippen LogP contribution in [0, 0.1) is 17.1 Å². The van der Waals surface area contributed by atoms with Crippen molar-refractivity contribution in [2.24, 2.45) is 0 Å². The molecule has 0 saturated heterocycles. The summed E-state index contributed by atoms with van der Waals surface area (Å²) in [5.41, 5.74) is 3.17. The molecule has 0 amide bonds. The van der Waals surface area contributed by atoms with Gasteiger partial charge >= 0.3 is 0 Å². The Morgan fingerprint density at radius 1 is 1.25 bits per heavy atom. The van der Waals surface area contributed by atoms with E-state index in [1.54, 1.807) is 12.1 Å². The zero-order valence-electron chi connectivity index (χ0n) is 13.8. The summed E-state index contributed by atoms with van der Waals surface area (Å²) in [5.74, 6) is -0.250. The quantitative estimate of drug-likeness (QED) is 0.821. The van der Waals surface area contributed by atoms with Gasteiger partial charge in [0, 0.05) is 0 Å². The second-order valence-corrected chi connectivity index (χ2v) is 6.06. The number of halogens is 1. The Balaban J connectivity index is 1.99. The number of rotatable bonds is 6. The minimum absolute atomic E-state index is 0.250. The number of benzene rings is 2. The molecular formula is C20H21FN2O. The maximum absolute atomic E-state index is 13.4. The van der Waals surface area contributed by atoms with Gasteiger partial charge < -0.3 is 10.1 Å². The summed E-state index contributed by atoms with van der Waals surface area (Å²) in [6, 6.07) is 14.4. The van der Waals surface area contributed by atoms with Gasteiger partial charge in [0.2, 0.25) is 0 Å². The zero-order chi connectivity index (χ0) is 17.0. The Morgan fingerprint density at radius 2 is 2.04 bits per heavy atom. The molecule has 0 radical (unpaired) electrons. The molecule has 3 rings (SSSR count). The molecule has 2 aromatic carbocycles. The Morgan fingerprint density at radius 3 is 2.75 bits per heavy atom. The standard InChI is InChI=1S/C20H21FN2O/c1-2-23-11-3-10-20(17-5-7-18(21)8-6-17)19-9-4-15(13-22)12-16(19)14-24-20/h4-9,12,23H,2-3,10-11,14H2,1H3. The normalized spacial score (nSPS) is 19.0. The average Bonchev–Trinajstić information content (AvgIpc) is 2.98. The summed E-state index contributed by atoms with van der Waals surface area (Å²) >= 11 is 0. The number of hydrogen-bond donors (Lipinski definition) is 1. The van der Waals surface area contributed by atoms with E-state index in [2.05, 4.69) is 18.3 Å². The molecule has 2 aromatic rings. The molecule has 0 spiro atoms. The fourth-order valence-corrected chi connectivity index (χ4v) is 3.40. The monoisotopic (exact) mass is 324 g/mol. The average molecular weight is 324 g/mol. The van der Waals surface area contributed by atoms with Crippen LogP contribution in [0.4, 0.5) is 4.39 Å². The lowest BCUT2D eigenvalue weighted by Crippen LogP contribution is -2.28. The maximum Gasteiger partial charge on any atom is 0.123 e. The van der Waals surface area contributed by atoms with Gasteiger partial charge in [0.05, 0.1) is 18.2 Å². The van der Waals surface area contributed by atoms with Gasteiger partial charge in [-0.05, 0) is 66.9 Å². The number of nitriles is 1. The van der Waals surface area contributed by atoms with Crippen LogP contribution < -0.4 is 5.32 Å². The SMILES string of the molecule is CCNCCCC1(c2ccc(F)cc2)OCc2cc(C#N)ccc21. The lowest BCUT2D eigenvalue weighted by Gasteiger charge is -2.30. The molecule has 1 atom stereocenters. The van der Waals surface area contributed by atoms with E-state index in [4.69, 9.17) is 10.00 Å². The van der Waals surface area contributed by atoms with E-state index in [9.17, 15) is 4.39 Å². The van der Waals surface area contributed by atoms with Gasteiger partial charge in [-0.1, -0.05) is 25.1 Å². The van der Waals surface area contributed by atoms with Crippen LogP contribution in [0.3, 0.4) is 0 Å². The summed E-state index contributed by atoms with van der Waals surface area (Å²) in [6.45, 7) is 4.41. The minimum Gasteiger partial charge on any atom is -0.361 e. The van der Waals surface area contributed by atoms with Crippen LogP contribution in [-0.4, -0.2) is 13.1 Å². The highest BCUT2D eigenvalue weighted by Crippen LogP contribution is 2.45. The molecule has 24 heavy (non-hydrogen) atoms. The molecule has 0 aliphatic carbocycles. The molecule has 0 saturated carbocycles. The van der Waals surface area contributed by atoms with Gasteiger partial charge in [-0.25, -0.2) is 4.39 Å². The van der Waals surface area contributed by atoms with Crippen LogP contribution in [0.25, 0.3) is 0 Å². The number of fused-ring (bicyclic) bond motifs is 1. The third-order valence-corrected chi connectivity index (χ3v) is 4.59. The van der Waals surface area contributed by atoms with E-state index >= 15 is 0 Å². The molecule has 0 aromatic heterocycles. The van der Waals surface area contributed by atoms with Gasteiger partial charge in [-0.15, -0.1) is 0 Å². The van der Waals surface area contributed by atoms with E-state index in [0.29, 0.717) is 12.2 Å². The fraction of sp³-hybridized carbons (Fsp3) is 0.350. The highest BCUT2D eigenvalue weighted by atomic mass is 19.1. The van der Waals surface area contributed by atoms with Gasteiger partial charge in [-0.2, -0.15) is 5.26 Å². The van der Waals surface area contributed by atoms with E-state index in [-0.39, 0.29) is 5.82 Å². The smallest absolute Gasteiger partial charge is 0.123 e. The molecule has 0 bridgehead atoms. The van der Waals surface area contributed by atoms with Crippen molar-refractivity contribution in [2.45, 2.75) is 32.0 Å². The molecule has 0 fully saturated rings. The van der Waals surface area contributed by atoms with E-state index in [1.807, 2.05) is 18.2 Å². The topological polar surface area (TPSA) is 45.0 Å². The second-order valence-electron chi connectivity index (χ2n) is 6.06. The van der Waals surface area contributed by atoms with E-state index in [0.717, 1.165) is 42.6 Å². The summed E-state index contributed by atoms with van der Waals surface area (Å²) in [5, 5.41) is 12.4. The van der Waals surface area contributed by atoms with Gasteiger partial charge in [0.1, 0.15) is 11.4 Å². The summed E-state index contributed by atoms with van der Waals surface area (Å²) in [7, 11) is 0. The van der Waals surface area contributed by atoms with Crippen LogP contribution in [0.5, 0.6) is 0 Å². The molecular weight excluding hydrogens is 303 g/mol. The van der Waals surface area contributed by atoms with E-state index in [1.165, 1.54) is 12.1 Å². The van der Waals surface area contributed by atoms with Crippen LogP contribution >= 0.6 is 0 Å². The third kappa shape index (κ3) is 3.06. The van der Waals surface area contributed by atoms with E-state index < -0.39 is 5.60 Å². The first-order valence-electron chi connectivity index (χ1n) is 8.34. The molecule has 1 heterocycles. The summed E-state index contributed by atoms with van der Waals surface area (Å²) in [4.78, 5) is 0. The van der Waals surface area contributed by atoms with Crippen molar-refractivity contribution in [3.8, 4) is 6.07 Å². The van der Waals surface area contributed by atoms with Crippen molar-refractivity contribution in [3.05, 3.63) is 70.5 Å². The number of ether oxygens (including phenoxy) is 1. The van der Waals surface area contributed by atoms with Crippen molar-refractivity contribution in [1.29, 1.82) is 5.26 Å². The van der Waals surface area contributed by atoms with Gasteiger partial charge in [0.25, 0.3) is 0 Å². The Hall–Kier alpha value is -2.22. The van der Waals surface area contributed by atoms with Crippen molar-refractivity contribution in [1.82, 2.24) is 5.32 Å². The molecule has 124 valence electrons. The van der Waals surface area contributed by atoms with Crippen molar-refractivity contribution >= 4 is 0 Å². The summed E-state index contributed by atoms with van der Waals surface area (Å²) < 4.78 is 19.6. The van der Waals surface area contributed by atoms with Crippen molar-refractivity contribution < 1.29 is 9.13 Å². The maximum atomic E-state index is 13.4. The lowest BCUT2D eigenvalue weighted by atomic mass is 9.81. The summed E-state index contributed by atoms with van der Waals surface area (Å²) in [6.07, 6.45) is 1.76.